The lowest BCUT2D eigenvalue weighted by molar-refractivity contribution is -0.922. The van der Waals surface area contributed by atoms with Gasteiger partial charge in [0.05, 0.1) is 31.8 Å². The van der Waals surface area contributed by atoms with Crippen molar-refractivity contribution in [3.05, 3.63) is 24.3 Å². The number of imide groups is 1. The first-order valence-electron chi connectivity index (χ1n) is 9.66. The standard InChI is InChI=1S/C20H25N3O5/c1-3-28-20(27)14-5-4-10-22(12-14)17-11-18(25)23(19(17)26)16-8-6-15(7-9-16)21-13(2)24/h6-9,14,17H,3-5,10-12H2,1-2H3,(H,21,24)/p+1/t14-,17+/m0/s1. The zero-order chi connectivity index (χ0) is 20.3. The van der Waals surface area contributed by atoms with Crippen LogP contribution in [0.25, 0.3) is 0 Å². The Kier molecular flexibility index (Phi) is 6.08. The third-order valence-corrected chi connectivity index (χ3v) is 5.26. The first-order valence-corrected chi connectivity index (χ1v) is 9.66. The predicted octanol–water partition coefficient (Wildman–Crippen LogP) is 0.135. The number of amides is 3. The van der Waals surface area contributed by atoms with Crippen molar-refractivity contribution in [3.8, 4) is 0 Å². The molecule has 0 radical (unpaired) electrons. The number of rotatable bonds is 5. The molecular formula is C20H26N3O5+. The summed E-state index contributed by atoms with van der Waals surface area (Å²) in [6.07, 6.45) is 1.71. The van der Waals surface area contributed by atoms with Crippen molar-refractivity contribution in [2.75, 3.05) is 29.9 Å². The second kappa shape index (κ2) is 8.52. The summed E-state index contributed by atoms with van der Waals surface area (Å²) in [6.45, 7) is 4.80. The van der Waals surface area contributed by atoms with Gasteiger partial charge in [-0.25, -0.2) is 4.90 Å². The third-order valence-electron chi connectivity index (χ3n) is 5.26. The number of anilines is 2. The van der Waals surface area contributed by atoms with E-state index < -0.39 is 6.04 Å². The van der Waals surface area contributed by atoms with Crippen LogP contribution < -0.4 is 15.1 Å². The lowest BCUT2D eigenvalue weighted by Crippen LogP contribution is -3.18. The zero-order valence-electron chi connectivity index (χ0n) is 16.2. The maximum absolute atomic E-state index is 13.0. The van der Waals surface area contributed by atoms with Gasteiger partial charge >= 0.3 is 5.97 Å². The van der Waals surface area contributed by atoms with Gasteiger partial charge in [-0.1, -0.05) is 0 Å². The average molecular weight is 388 g/mol. The quantitative estimate of drug-likeness (QED) is 0.552. The van der Waals surface area contributed by atoms with Crippen LogP contribution in [0.15, 0.2) is 24.3 Å². The van der Waals surface area contributed by atoms with Gasteiger partial charge in [0.15, 0.2) is 6.04 Å². The summed E-state index contributed by atoms with van der Waals surface area (Å²) in [6, 6.07) is 6.15. The first kappa shape index (κ1) is 20.0. The van der Waals surface area contributed by atoms with Crippen LogP contribution in [-0.4, -0.2) is 49.4 Å². The van der Waals surface area contributed by atoms with Crippen molar-refractivity contribution in [3.63, 3.8) is 0 Å². The molecule has 150 valence electrons. The number of hydrogen-bond donors (Lipinski definition) is 2. The molecule has 1 aromatic rings. The van der Waals surface area contributed by atoms with Gasteiger partial charge in [0.1, 0.15) is 5.92 Å². The molecule has 2 heterocycles. The Morgan fingerprint density at radius 3 is 2.61 bits per heavy atom. The topological polar surface area (TPSA) is 97.2 Å². The number of nitrogens with zero attached hydrogens (tertiary/aromatic N) is 1. The molecule has 3 rings (SSSR count). The SMILES string of the molecule is CCOC(=O)[C@H]1CCC[NH+]([C@@H]2CC(=O)N(c3ccc(NC(C)=O)cc3)C2=O)C1. The Labute approximate surface area is 163 Å². The van der Waals surface area contributed by atoms with Gasteiger partial charge in [-0.05, 0) is 44.0 Å². The summed E-state index contributed by atoms with van der Waals surface area (Å²) < 4.78 is 5.12. The molecule has 2 fully saturated rings. The minimum absolute atomic E-state index is 0.136. The van der Waals surface area contributed by atoms with Crippen LogP contribution in [0.2, 0.25) is 0 Å². The molecular weight excluding hydrogens is 362 g/mol. The highest BCUT2D eigenvalue weighted by Crippen LogP contribution is 2.24. The van der Waals surface area contributed by atoms with Crippen molar-refractivity contribution in [2.24, 2.45) is 5.92 Å². The number of esters is 1. The van der Waals surface area contributed by atoms with E-state index in [1.165, 1.54) is 11.8 Å². The van der Waals surface area contributed by atoms with Gasteiger partial charge in [0.2, 0.25) is 11.8 Å². The largest absolute Gasteiger partial charge is 0.466 e. The van der Waals surface area contributed by atoms with Crippen LogP contribution in [-0.2, 0) is 23.9 Å². The van der Waals surface area contributed by atoms with E-state index in [-0.39, 0.29) is 36.0 Å². The van der Waals surface area contributed by atoms with Crippen molar-refractivity contribution >= 4 is 35.1 Å². The fourth-order valence-electron chi connectivity index (χ4n) is 3.99. The normalized spacial score (nSPS) is 24.9. The van der Waals surface area contributed by atoms with E-state index in [0.717, 1.165) is 24.3 Å². The van der Waals surface area contributed by atoms with Crippen molar-refractivity contribution in [1.82, 2.24) is 0 Å². The number of nitrogens with one attached hydrogen (secondary N) is 2. The molecule has 0 aliphatic carbocycles. The summed E-state index contributed by atoms with van der Waals surface area (Å²) in [4.78, 5) is 50.9. The van der Waals surface area contributed by atoms with Gasteiger partial charge in [0, 0.05) is 12.6 Å². The smallest absolute Gasteiger partial charge is 0.314 e. The first-order chi connectivity index (χ1) is 13.4. The Balaban J connectivity index is 1.71. The van der Waals surface area contributed by atoms with E-state index in [2.05, 4.69) is 5.32 Å². The lowest BCUT2D eigenvalue weighted by atomic mass is 9.96. The summed E-state index contributed by atoms with van der Waals surface area (Å²) in [7, 11) is 0. The fraction of sp³-hybridized carbons (Fsp3) is 0.500. The second-order valence-electron chi connectivity index (χ2n) is 7.26. The summed E-state index contributed by atoms with van der Waals surface area (Å²) >= 11 is 0. The molecule has 8 heteroatoms. The number of carbonyl (C=O) groups is 4. The fourth-order valence-corrected chi connectivity index (χ4v) is 3.99. The molecule has 0 bridgehead atoms. The monoisotopic (exact) mass is 388 g/mol. The number of piperidine rings is 1. The second-order valence-corrected chi connectivity index (χ2v) is 7.26. The lowest BCUT2D eigenvalue weighted by Gasteiger charge is -2.31. The molecule has 3 atom stereocenters. The van der Waals surface area contributed by atoms with Gasteiger partial charge in [-0.3, -0.25) is 19.2 Å². The minimum Gasteiger partial charge on any atom is -0.466 e. The Bertz CT molecular complexity index is 777. The van der Waals surface area contributed by atoms with Crippen LogP contribution in [0.3, 0.4) is 0 Å². The molecule has 2 aliphatic rings. The summed E-state index contributed by atoms with van der Waals surface area (Å²) in [5, 5.41) is 2.66. The van der Waals surface area contributed by atoms with Gasteiger partial charge in [-0.15, -0.1) is 0 Å². The molecule has 1 unspecified atom stereocenters. The molecule has 0 saturated carbocycles. The maximum atomic E-state index is 13.0. The number of hydrogen-bond acceptors (Lipinski definition) is 5. The Hall–Kier alpha value is -2.74. The van der Waals surface area contributed by atoms with Crippen LogP contribution in [0.4, 0.5) is 11.4 Å². The van der Waals surface area contributed by atoms with E-state index in [0.29, 0.717) is 24.5 Å². The number of quaternary nitrogens is 1. The number of likely N-dealkylation sites (tertiary alicyclic amines) is 1. The van der Waals surface area contributed by atoms with Crippen LogP contribution in [0, 0.1) is 5.92 Å². The maximum Gasteiger partial charge on any atom is 0.314 e. The molecule has 8 nitrogen and oxygen atoms in total. The highest BCUT2D eigenvalue weighted by molar-refractivity contribution is 6.21. The van der Waals surface area contributed by atoms with Gasteiger partial charge in [0.25, 0.3) is 5.91 Å². The van der Waals surface area contributed by atoms with E-state index in [4.69, 9.17) is 4.74 Å². The number of ether oxygens (including phenoxy) is 1. The van der Waals surface area contributed by atoms with Gasteiger partial charge in [-0.2, -0.15) is 0 Å². The molecule has 28 heavy (non-hydrogen) atoms. The van der Waals surface area contributed by atoms with Crippen LogP contribution in [0.1, 0.15) is 33.1 Å². The van der Waals surface area contributed by atoms with E-state index in [1.807, 2.05) is 0 Å². The van der Waals surface area contributed by atoms with E-state index in [9.17, 15) is 19.2 Å². The molecule has 1 aromatic carbocycles. The van der Waals surface area contributed by atoms with Crippen molar-refractivity contribution in [1.29, 1.82) is 0 Å². The van der Waals surface area contributed by atoms with Crippen molar-refractivity contribution < 1.29 is 28.8 Å². The van der Waals surface area contributed by atoms with Crippen LogP contribution in [0.5, 0.6) is 0 Å². The molecule has 0 aromatic heterocycles. The number of carbonyl (C=O) groups excluding carboxylic acids is 4. The van der Waals surface area contributed by atoms with E-state index >= 15 is 0 Å². The minimum atomic E-state index is -0.472. The van der Waals surface area contributed by atoms with Crippen molar-refractivity contribution in [2.45, 2.75) is 39.2 Å². The summed E-state index contributed by atoms with van der Waals surface area (Å²) in [5.74, 6) is -1.12. The zero-order valence-corrected chi connectivity index (χ0v) is 16.2. The highest BCUT2D eigenvalue weighted by Gasteiger charge is 2.47. The Morgan fingerprint density at radius 2 is 1.96 bits per heavy atom. The van der Waals surface area contributed by atoms with E-state index in [1.54, 1.807) is 31.2 Å². The predicted molar refractivity (Wildman–Crippen MR) is 102 cm³/mol. The number of benzene rings is 1. The molecule has 2 N–H and O–H groups in total. The van der Waals surface area contributed by atoms with Gasteiger partial charge < -0.3 is 15.0 Å². The molecule has 2 aliphatic heterocycles. The Morgan fingerprint density at radius 1 is 1.25 bits per heavy atom. The third kappa shape index (κ3) is 4.22. The van der Waals surface area contributed by atoms with Crippen LogP contribution >= 0.6 is 0 Å². The average Bonchev–Trinajstić information content (AvgIpc) is 2.97. The summed E-state index contributed by atoms with van der Waals surface area (Å²) in [5.41, 5.74) is 1.09. The molecule has 2 saturated heterocycles. The molecule has 0 spiro atoms. The molecule has 3 amide bonds. The highest BCUT2D eigenvalue weighted by atomic mass is 16.5.